The lowest BCUT2D eigenvalue weighted by molar-refractivity contribution is -0.153. The molecule has 3 rings (SSSR count). The van der Waals surface area contributed by atoms with Crippen molar-refractivity contribution in [2.45, 2.75) is 33.1 Å². The first-order valence-corrected chi connectivity index (χ1v) is 9.39. The number of ketones is 1. The molecule has 1 aromatic carbocycles. The molecule has 1 amide bonds. The number of hydrogen-bond acceptors (Lipinski definition) is 5. The van der Waals surface area contributed by atoms with Gasteiger partial charge in [0, 0.05) is 12.1 Å². The first-order chi connectivity index (χ1) is 14.1. The van der Waals surface area contributed by atoms with Crippen molar-refractivity contribution in [1.29, 1.82) is 0 Å². The van der Waals surface area contributed by atoms with Crippen molar-refractivity contribution in [2.75, 3.05) is 26.3 Å². The highest BCUT2D eigenvalue weighted by atomic mass is 19.4. The van der Waals surface area contributed by atoms with E-state index < -0.39 is 29.5 Å². The van der Waals surface area contributed by atoms with Crippen molar-refractivity contribution in [3.8, 4) is 5.75 Å². The molecule has 0 aliphatic carbocycles. The van der Waals surface area contributed by atoms with Crippen molar-refractivity contribution >= 4 is 11.7 Å². The fourth-order valence-electron chi connectivity index (χ4n) is 3.37. The van der Waals surface area contributed by atoms with E-state index in [2.05, 4.69) is 0 Å². The summed E-state index contributed by atoms with van der Waals surface area (Å²) in [5.74, 6) is -1.53. The number of ether oxygens (including phenoxy) is 2. The Kier molecular flexibility index (Phi) is 6.21. The zero-order chi connectivity index (χ0) is 22.1. The van der Waals surface area contributed by atoms with E-state index in [1.54, 1.807) is 25.1 Å². The van der Waals surface area contributed by atoms with Gasteiger partial charge in [-0.2, -0.15) is 13.2 Å². The molecule has 162 valence electrons. The van der Waals surface area contributed by atoms with Crippen LogP contribution in [0.25, 0.3) is 0 Å². The summed E-state index contributed by atoms with van der Waals surface area (Å²) in [6, 6.07) is 6.17. The summed E-state index contributed by atoms with van der Waals surface area (Å²) < 4.78 is 55.5. The number of benzene rings is 1. The molecule has 1 aromatic heterocycles. The maximum atomic E-state index is 13.2. The first kappa shape index (κ1) is 21.9. The number of Topliss-reactive ketones (excluding diaryl/α,β-unsaturated/α-hetero) is 1. The van der Waals surface area contributed by atoms with Gasteiger partial charge in [0.1, 0.15) is 24.2 Å². The fourth-order valence-corrected chi connectivity index (χ4v) is 3.37. The smallest absolute Gasteiger partial charge is 0.450 e. The highest BCUT2D eigenvalue weighted by Crippen LogP contribution is 2.34. The van der Waals surface area contributed by atoms with Crippen LogP contribution in [-0.2, 0) is 10.9 Å². The Balaban J connectivity index is 1.65. The standard InChI is InChI=1S/C21H22F3NO5/c1-12-8-15(4-5-17(12)14(3)26)29-11-16-10-25(6-7-28-16)20(27)18-9-13(2)30-19(18)21(22,23)24/h4-5,8-9,16H,6-7,10-11H2,1-3H3. The highest BCUT2D eigenvalue weighted by Gasteiger charge is 2.41. The maximum Gasteiger partial charge on any atom is 0.450 e. The fraction of sp³-hybridized carbons (Fsp3) is 0.429. The van der Waals surface area contributed by atoms with E-state index in [4.69, 9.17) is 13.9 Å². The Morgan fingerprint density at radius 3 is 2.57 bits per heavy atom. The minimum atomic E-state index is -4.75. The molecule has 0 radical (unpaired) electrons. The molecule has 1 unspecified atom stereocenters. The number of carbonyl (C=O) groups excluding carboxylic acids is 2. The highest BCUT2D eigenvalue weighted by molar-refractivity contribution is 5.96. The van der Waals surface area contributed by atoms with E-state index in [1.807, 2.05) is 0 Å². The average molecular weight is 425 g/mol. The van der Waals surface area contributed by atoms with Gasteiger partial charge in [0.25, 0.3) is 5.91 Å². The number of hydrogen-bond donors (Lipinski definition) is 0. The molecule has 2 aromatic rings. The van der Waals surface area contributed by atoms with E-state index in [0.717, 1.165) is 11.6 Å². The summed E-state index contributed by atoms with van der Waals surface area (Å²) in [6.45, 7) is 5.19. The Bertz CT molecular complexity index is 951. The second-order valence-corrected chi connectivity index (χ2v) is 7.19. The van der Waals surface area contributed by atoms with Crippen LogP contribution in [0.15, 0.2) is 28.7 Å². The van der Waals surface area contributed by atoms with E-state index in [9.17, 15) is 22.8 Å². The van der Waals surface area contributed by atoms with Crippen LogP contribution in [0.1, 0.15) is 44.7 Å². The summed E-state index contributed by atoms with van der Waals surface area (Å²) in [5, 5.41) is 0. The number of amides is 1. The molecule has 0 spiro atoms. The zero-order valence-corrected chi connectivity index (χ0v) is 16.8. The largest absolute Gasteiger partial charge is 0.491 e. The molecule has 6 nitrogen and oxygen atoms in total. The molecule has 9 heteroatoms. The molecule has 1 atom stereocenters. The minimum absolute atomic E-state index is 0.0168. The van der Waals surface area contributed by atoms with Crippen LogP contribution < -0.4 is 4.74 Å². The second-order valence-electron chi connectivity index (χ2n) is 7.19. The molecule has 1 aliphatic heterocycles. The topological polar surface area (TPSA) is 69.0 Å². The lowest BCUT2D eigenvalue weighted by Gasteiger charge is -2.32. The molecule has 1 fully saturated rings. The Hall–Kier alpha value is -2.81. The van der Waals surface area contributed by atoms with Crippen molar-refractivity contribution in [3.05, 3.63) is 52.5 Å². The average Bonchev–Trinajstić information content (AvgIpc) is 3.08. The Morgan fingerprint density at radius 1 is 1.20 bits per heavy atom. The molecule has 30 heavy (non-hydrogen) atoms. The number of rotatable bonds is 5. The van der Waals surface area contributed by atoms with Crippen LogP contribution in [0.3, 0.4) is 0 Å². The number of carbonyl (C=O) groups is 2. The molecule has 0 bridgehead atoms. The lowest BCUT2D eigenvalue weighted by atomic mass is 10.1. The van der Waals surface area contributed by atoms with Gasteiger partial charge in [-0.3, -0.25) is 9.59 Å². The second kappa shape index (κ2) is 8.51. The normalized spacial score (nSPS) is 17.1. The van der Waals surface area contributed by atoms with Crippen LogP contribution in [0.2, 0.25) is 0 Å². The number of morpholine rings is 1. The van der Waals surface area contributed by atoms with E-state index in [0.29, 0.717) is 11.3 Å². The van der Waals surface area contributed by atoms with Gasteiger partial charge in [0.2, 0.25) is 5.76 Å². The van der Waals surface area contributed by atoms with Gasteiger partial charge < -0.3 is 18.8 Å². The third-order valence-electron chi connectivity index (χ3n) is 4.78. The Morgan fingerprint density at radius 2 is 1.93 bits per heavy atom. The maximum absolute atomic E-state index is 13.2. The van der Waals surface area contributed by atoms with Gasteiger partial charge in [-0.15, -0.1) is 0 Å². The minimum Gasteiger partial charge on any atom is -0.491 e. The number of furan rings is 1. The number of nitrogens with zero attached hydrogens (tertiary/aromatic N) is 1. The molecule has 1 saturated heterocycles. The monoisotopic (exact) mass is 425 g/mol. The van der Waals surface area contributed by atoms with E-state index in [1.165, 1.54) is 18.7 Å². The third-order valence-corrected chi connectivity index (χ3v) is 4.78. The molecular formula is C21H22F3NO5. The quantitative estimate of drug-likeness (QED) is 0.677. The van der Waals surface area contributed by atoms with Crippen LogP contribution in [0, 0.1) is 13.8 Å². The van der Waals surface area contributed by atoms with Crippen LogP contribution in [0.4, 0.5) is 13.2 Å². The van der Waals surface area contributed by atoms with E-state index in [-0.39, 0.29) is 37.8 Å². The van der Waals surface area contributed by atoms with Crippen LogP contribution in [0.5, 0.6) is 5.75 Å². The van der Waals surface area contributed by atoms with Gasteiger partial charge in [-0.05, 0) is 50.6 Å². The first-order valence-electron chi connectivity index (χ1n) is 9.39. The number of aryl methyl sites for hydroxylation is 2. The molecule has 2 heterocycles. The molecule has 0 N–H and O–H groups in total. The van der Waals surface area contributed by atoms with Crippen molar-refractivity contribution in [3.63, 3.8) is 0 Å². The summed E-state index contributed by atoms with van der Waals surface area (Å²) in [7, 11) is 0. The molecule has 1 aliphatic rings. The van der Waals surface area contributed by atoms with Crippen LogP contribution >= 0.6 is 0 Å². The van der Waals surface area contributed by atoms with Crippen molar-refractivity contribution < 1.29 is 36.7 Å². The van der Waals surface area contributed by atoms with Crippen molar-refractivity contribution in [1.82, 2.24) is 4.90 Å². The summed E-state index contributed by atoms with van der Waals surface area (Å²) in [4.78, 5) is 25.5. The van der Waals surface area contributed by atoms with Crippen LogP contribution in [-0.4, -0.2) is 49.0 Å². The van der Waals surface area contributed by atoms with Gasteiger partial charge in [-0.1, -0.05) is 0 Å². The SMILES string of the molecule is CC(=O)c1ccc(OCC2CN(C(=O)c3cc(C)oc3C(F)(F)F)CCO2)cc1C. The van der Waals surface area contributed by atoms with Gasteiger partial charge in [0.05, 0.1) is 18.7 Å². The Labute approximate surface area is 171 Å². The van der Waals surface area contributed by atoms with E-state index >= 15 is 0 Å². The number of halogens is 3. The predicted octanol–water partition coefficient (Wildman–Crippen LogP) is 4.04. The van der Waals surface area contributed by atoms with Crippen molar-refractivity contribution in [2.24, 2.45) is 0 Å². The summed E-state index contributed by atoms with van der Waals surface area (Å²) >= 11 is 0. The number of alkyl halides is 3. The lowest BCUT2D eigenvalue weighted by Crippen LogP contribution is -2.47. The van der Waals surface area contributed by atoms with Gasteiger partial charge >= 0.3 is 6.18 Å². The summed E-state index contributed by atoms with van der Waals surface area (Å²) in [6.07, 6.45) is -5.25. The summed E-state index contributed by atoms with van der Waals surface area (Å²) in [5.41, 5.74) is 0.873. The third kappa shape index (κ3) is 4.84. The van der Waals surface area contributed by atoms with Gasteiger partial charge in [-0.25, -0.2) is 0 Å². The molecule has 0 saturated carbocycles. The predicted molar refractivity (Wildman–Crippen MR) is 101 cm³/mol. The van der Waals surface area contributed by atoms with Gasteiger partial charge in [0.15, 0.2) is 5.78 Å². The zero-order valence-electron chi connectivity index (χ0n) is 16.8. The molecular weight excluding hydrogens is 403 g/mol.